The van der Waals surface area contributed by atoms with E-state index in [0.717, 1.165) is 0 Å². The first-order valence-electron chi connectivity index (χ1n) is 5.72. The fraction of sp³-hybridized carbons (Fsp3) is 0. The molecule has 2 aromatic carbocycles. The molecule has 1 N–H and O–H groups in total. The largest absolute Gasteiger partial charge is 0.478 e. The SMILES string of the molecule is O=C(O)c1cccc2c1ncn2-c1ccc(Cl)cc1Cl. The summed E-state index contributed by atoms with van der Waals surface area (Å²) in [6.07, 6.45) is 1.55. The average molecular weight is 307 g/mol. The highest BCUT2D eigenvalue weighted by Crippen LogP contribution is 2.28. The van der Waals surface area contributed by atoms with Crippen LogP contribution in [0.5, 0.6) is 0 Å². The van der Waals surface area contributed by atoms with Crippen molar-refractivity contribution in [3.8, 4) is 5.69 Å². The molecule has 3 aromatic rings. The summed E-state index contributed by atoms with van der Waals surface area (Å²) >= 11 is 12.1. The van der Waals surface area contributed by atoms with Crippen molar-refractivity contribution in [1.82, 2.24) is 9.55 Å². The predicted octanol–water partition coefficient (Wildman–Crippen LogP) is 4.03. The Kier molecular flexibility index (Phi) is 3.12. The molecule has 0 aliphatic rings. The van der Waals surface area contributed by atoms with Crippen LogP contribution in [0.2, 0.25) is 10.0 Å². The molecular weight excluding hydrogens is 299 g/mol. The normalized spacial score (nSPS) is 10.9. The van der Waals surface area contributed by atoms with E-state index >= 15 is 0 Å². The summed E-state index contributed by atoms with van der Waals surface area (Å²) < 4.78 is 1.74. The van der Waals surface area contributed by atoms with Crippen LogP contribution in [-0.2, 0) is 0 Å². The Morgan fingerprint density at radius 1 is 1.20 bits per heavy atom. The molecule has 0 unspecified atom stereocenters. The Labute approximate surface area is 124 Å². The topological polar surface area (TPSA) is 55.1 Å². The van der Waals surface area contributed by atoms with Gasteiger partial charge in [0.25, 0.3) is 0 Å². The van der Waals surface area contributed by atoms with Gasteiger partial charge in [-0.15, -0.1) is 0 Å². The molecule has 1 aromatic heterocycles. The lowest BCUT2D eigenvalue weighted by Crippen LogP contribution is -1.98. The molecule has 0 amide bonds. The molecule has 0 aliphatic carbocycles. The maximum absolute atomic E-state index is 11.2. The predicted molar refractivity (Wildman–Crippen MR) is 78.0 cm³/mol. The van der Waals surface area contributed by atoms with Crippen molar-refractivity contribution in [2.75, 3.05) is 0 Å². The first-order chi connectivity index (χ1) is 9.58. The van der Waals surface area contributed by atoms with Crippen molar-refractivity contribution >= 4 is 40.2 Å². The van der Waals surface area contributed by atoms with Gasteiger partial charge in [-0.3, -0.25) is 4.57 Å². The molecule has 0 aliphatic heterocycles. The standard InChI is InChI=1S/C14H8Cl2N2O2/c15-8-4-5-11(10(16)6-8)18-7-17-13-9(14(19)20)2-1-3-12(13)18/h1-7H,(H,19,20). The molecule has 1 heterocycles. The Bertz CT molecular complexity index is 827. The van der Waals surface area contributed by atoms with E-state index in [9.17, 15) is 4.79 Å². The highest BCUT2D eigenvalue weighted by Gasteiger charge is 2.14. The minimum absolute atomic E-state index is 0.159. The van der Waals surface area contributed by atoms with E-state index in [0.29, 0.717) is 26.8 Å². The summed E-state index contributed by atoms with van der Waals surface area (Å²) in [5, 5.41) is 10.2. The molecule has 20 heavy (non-hydrogen) atoms. The second-order valence-electron chi connectivity index (χ2n) is 4.19. The first kappa shape index (κ1) is 13.0. The molecule has 0 radical (unpaired) electrons. The van der Waals surface area contributed by atoms with Gasteiger partial charge < -0.3 is 5.11 Å². The van der Waals surface area contributed by atoms with Crippen LogP contribution in [0.25, 0.3) is 16.7 Å². The zero-order chi connectivity index (χ0) is 14.3. The van der Waals surface area contributed by atoms with Crippen LogP contribution >= 0.6 is 23.2 Å². The summed E-state index contributed by atoms with van der Waals surface area (Å²) in [6.45, 7) is 0. The van der Waals surface area contributed by atoms with Gasteiger partial charge in [0.15, 0.2) is 0 Å². The Morgan fingerprint density at radius 3 is 2.70 bits per heavy atom. The molecule has 4 nitrogen and oxygen atoms in total. The maximum atomic E-state index is 11.2. The number of halogens is 2. The van der Waals surface area contributed by atoms with Crippen LogP contribution in [0, 0.1) is 0 Å². The summed E-state index contributed by atoms with van der Waals surface area (Å²) in [5.74, 6) is -1.01. The number of hydrogen-bond acceptors (Lipinski definition) is 2. The number of carboxylic acids is 1. The van der Waals surface area contributed by atoms with Gasteiger partial charge in [-0.1, -0.05) is 29.3 Å². The van der Waals surface area contributed by atoms with Gasteiger partial charge >= 0.3 is 5.97 Å². The van der Waals surface area contributed by atoms with Crippen molar-refractivity contribution in [3.63, 3.8) is 0 Å². The van der Waals surface area contributed by atoms with Gasteiger partial charge in [-0.25, -0.2) is 9.78 Å². The van der Waals surface area contributed by atoms with Crippen molar-refractivity contribution in [3.05, 3.63) is 58.3 Å². The van der Waals surface area contributed by atoms with Crippen LogP contribution in [0.4, 0.5) is 0 Å². The summed E-state index contributed by atoms with van der Waals surface area (Å²) in [6, 6.07) is 10.1. The zero-order valence-electron chi connectivity index (χ0n) is 10.0. The third kappa shape index (κ3) is 2.03. The number of aromatic carboxylic acids is 1. The molecule has 0 bridgehead atoms. The molecule has 0 fully saturated rings. The number of aromatic nitrogens is 2. The van der Waals surface area contributed by atoms with Gasteiger partial charge in [0, 0.05) is 5.02 Å². The van der Waals surface area contributed by atoms with E-state index in [-0.39, 0.29) is 5.56 Å². The number of imidazole rings is 1. The summed E-state index contributed by atoms with van der Waals surface area (Å²) in [7, 11) is 0. The van der Waals surface area contributed by atoms with Crippen LogP contribution in [0.15, 0.2) is 42.7 Å². The highest BCUT2D eigenvalue weighted by molar-refractivity contribution is 6.35. The fourth-order valence-corrected chi connectivity index (χ4v) is 2.58. The minimum Gasteiger partial charge on any atom is -0.478 e. The third-order valence-electron chi connectivity index (χ3n) is 2.98. The summed E-state index contributed by atoms with van der Waals surface area (Å²) in [4.78, 5) is 15.3. The van der Waals surface area contributed by atoms with Crippen LogP contribution < -0.4 is 0 Å². The van der Waals surface area contributed by atoms with E-state index in [2.05, 4.69) is 4.98 Å². The van der Waals surface area contributed by atoms with E-state index in [1.807, 2.05) is 0 Å². The van der Waals surface area contributed by atoms with Crippen molar-refractivity contribution < 1.29 is 9.90 Å². The average Bonchev–Trinajstić information content (AvgIpc) is 2.82. The van der Waals surface area contributed by atoms with Crippen molar-refractivity contribution in [2.45, 2.75) is 0 Å². The number of para-hydroxylation sites is 1. The number of rotatable bonds is 2. The van der Waals surface area contributed by atoms with Crippen molar-refractivity contribution in [1.29, 1.82) is 0 Å². The second-order valence-corrected chi connectivity index (χ2v) is 5.03. The fourth-order valence-electron chi connectivity index (χ4n) is 2.08. The minimum atomic E-state index is -1.01. The number of carboxylic acid groups (broad SMARTS) is 1. The van der Waals surface area contributed by atoms with E-state index in [4.69, 9.17) is 28.3 Å². The number of nitrogens with zero attached hydrogens (tertiary/aromatic N) is 2. The number of fused-ring (bicyclic) bond motifs is 1. The Balaban J connectivity index is 2.28. The number of carbonyl (C=O) groups is 1. The lowest BCUT2D eigenvalue weighted by atomic mass is 10.2. The van der Waals surface area contributed by atoms with E-state index in [1.54, 1.807) is 41.2 Å². The highest BCUT2D eigenvalue weighted by atomic mass is 35.5. The number of hydrogen-bond donors (Lipinski definition) is 1. The molecule has 6 heteroatoms. The molecular formula is C14H8Cl2N2O2. The molecule has 3 rings (SSSR count). The van der Waals surface area contributed by atoms with E-state index in [1.165, 1.54) is 6.07 Å². The molecule has 0 saturated carbocycles. The number of benzene rings is 2. The van der Waals surface area contributed by atoms with Crippen LogP contribution in [0.3, 0.4) is 0 Å². The molecule has 0 atom stereocenters. The lowest BCUT2D eigenvalue weighted by molar-refractivity contribution is 0.0699. The van der Waals surface area contributed by atoms with Crippen LogP contribution in [-0.4, -0.2) is 20.6 Å². The molecule has 0 spiro atoms. The van der Waals surface area contributed by atoms with Crippen molar-refractivity contribution in [2.24, 2.45) is 0 Å². The smallest absolute Gasteiger partial charge is 0.337 e. The quantitative estimate of drug-likeness (QED) is 0.777. The molecule has 0 saturated heterocycles. The Hall–Kier alpha value is -2.04. The molecule has 100 valence electrons. The third-order valence-corrected chi connectivity index (χ3v) is 3.51. The van der Waals surface area contributed by atoms with Gasteiger partial charge in [-0.2, -0.15) is 0 Å². The van der Waals surface area contributed by atoms with E-state index < -0.39 is 5.97 Å². The van der Waals surface area contributed by atoms with Crippen LogP contribution in [0.1, 0.15) is 10.4 Å². The summed E-state index contributed by atoms with van der Waals surface area (Å²) in [5.41, 5.74) is 1.95. The van der Waals surface area contributed by atoms with Gasteiger partial charge in [0.05, 0.1) is 21.8 Å². The zero-order valence-corrected chi connectivity index (χ0v) is 11.6. The monoisotopic (exact) mass is 306 g/mol. The first-order valence-corrected chi connectivity index (χ1v) is 6.48. The van der Waals surface area contributed by atoms with Gasteiger partial charge in [-0.05, 0) is 30.3 Å². The lowest BCUT2D eigenvalue weighted by Gasteiger charge is -2.07. The van der Waals surface area contributed by atoms with Gasteiger partial charge in [0.1, 0.15) is 11.8 Å². The second kappa shape index (κ2) is 4.81. The van der Waals surface area contributed by atoms with Gasteiger partial charge in [0.2, 0.25) is 0 Å². The Morgan fingerprint density at radius 2 is 2.00 bits per heavy atom. The maximum Gasteiger partial charge on any atom is 0.337 e.